The minimum atomic E-state index is -0.539. The van der Waals surface area contributed by atoms with Gasteiger partial charge in [-0.05, 0) is 42.9 Å². The van der Waals surface area contributed by atoms with Gasteiger partial charge in [-0.25, -0.2) is 4.39 Å². The van der Waals surface area contributed by atoms with Gasteiger partial charge in [-0.2, -0.15) is 0 Å². The SMILES string of the molecule is CC1CCN(C(=O)C2(c3cccc(F)c3)CC2)CC1O. The average Bonchev–Trinajstić information content (AvgIpc) is 3.23. The first kappa shape index (κ1) is 13.6. The van der Waals surface area contributed by atoms with Crippen molar-refractivity contribution in [2.24, 2.45) is 5.92 Å². The zero-order chi connectivity index (χ0) is 14.3. The Balaban J connectivity index is 1.80. The summed E-state index contributed by atoms with van der Waals surface area (Å²) in [5.74, 6) is -0.00806. The second kappa shape index (κ2) is 4.85. The standard InChI is InChI=1S/C16H20FNO2/c1-11-5-8-18(10-14(11)19)15(20)16(6-7-16)12-3-2-4-13(17)9-12/h2-4,9,11,14,19H,5-8,10H2,1H3. The number of piperidine rings is 1. The van der Waals surface area contributed by atoms with Gasteiger partial charge < -0.3 is 10.0 Å². The second-order valence-corrected chi connectivity index (χ2v) is 6.18. The van der Waals surface area contributed by atoms with Gasteiger partial charge in [-0.1, -0.05) is 19.1 Å². The smallest absolute Gasteiger partial charge is 0.233 e. The molecule has 108 valence electrons. The van der Waals surface area contributed by atoms with E-state index in [2.05, 4.69) is 0 Å². The number of halogens is 1. The molecule has 0 radical (unpaired) electrons. The van der Waals surface area contributed by atoms with Gasteiger partial charge in [-0.3, -0.25) is 4.79 Å². The fourth-order valence-corrected chi connectivity index (χ4v) is 3.07. The van der Waals surface area contributed by atoms with Gasteiger partial charge in [0.2, 0.25) is 5.91 Å². The number of β-amino-alcohol motifs (C(OH)–C–C–N with tert-alkyl or cyclic N) is 1. The summed E-state index contributed by atoms with van der Waals surface area (Å²) in [6, 6.07) is 6.35. The van der Waals surface area contributed by atoms with Crippen LogP contribution < -0.4 is 0 Å². The van der Waals surface area contributed by atoms with Crippen LogP contribution in [-0.2, 0) is 10.2 Å². The Morgan fingerprint density at radius 1 is 1.45 bits per heavy atom. The van der Waals surface area contributed by atoms with Crippen LogP contribution in [0.1, 0.15) is 31.7 Å². The number of nitrogens with zero attached hydrogens (tertiary/aromatic N) is 1. The van der Waals surface area contributed by atoms with Crippen LogP contribution in [0, 0.1) is 11.7 Å². The second-order valence-electron chi connectivity index (χ2n) is 6.18. The molecule has 3 rings (SSSR count). The van der Waals surface area contributed by atoms with Crippen molar-refractivity contribution in [1.29, 1.82) is 0 Å². The van der Waals surface area contributed by atoms with E-state index in [1.807, 2.05) is 13.0 Å². The molecular formula is C16H20FNO2. The van der Waals surface area contributed by atoms with Gasteiger partial charge in [-0.15, -0.1) is 0 Å². The van der Waals surface area contributed by atoms with E-state index in [4.69, 9.17) is 0 Å². The summed E-state index contributed by atoms with van der Waals surface area (Å²) in [6.07, 6.45) is 1.93. The third-order valence-corrected chi connectivity index (χ3v) is 4.74. The third kappa shape index (κ3) is 2.22. The predicted octanol–water partition coefficient (Wildman–Crippen LogP) is 2.09. The molecule has 2 unspecified atom stereocenters. The van der Waals surface area contributed by atoms with Crippen molar-refractivity contribution < 1.29 is 14.3 Å². The minimum absolute atomic E-state index is 0.0500. The minimum Gasteiger partial charge on any atom is -0.391 e. The van der Waals surface area contributed by atoms with Crippen molar-refractivity contribution >= 4 is 5.91 Å². The van der Waals surface area contributed by atoms with E-state index in [1.54, 1.807) is 11.0 Å². The molecule has 3 nitrogen and oxygen atoms in total. The number of carbonyl (C=O) groups is 1. The van der Waals surface area contributed by atoms with E-state index in [-0.39, 0.29) is 17.6 Å². The highest BCUT2D eigenvalue weighted by atomic mass is 19.1. The quantitative estimate of drug-likeness (QED) is 0.899. The largest absolute Gasteiger partial charge is 0.391 e. The number of amides is 1. The molecule has 1 saturated carbocycles. The molecule has 4 heteroatoms. The van der Waals surface area contributed by atoms with Gasteiger partial charge in [0.25, 0.3) is 0 Å². The lowest BCUT2D eigenvalue weighted by Crippen LogP contribution is -2.49. The Bertz CT molecular complexity index is 527. The zero-order valence-electron chi connectivity index (χ0n) is 11.7. The van der Waals surface area contributed by atoms with E-state index in [0.717, 1.165) is 24.8 Å². The number of carbonyl (C=O) groups excluding carboxylic acids is 1. The lowest BCUT2D eigenvalue weighted by Gasteiger charge is -2.36. The molecule has 1 N–H and O–H groups in total. The van der Waals surface area contributed by atoms with Crippen molar-refractivity contribution in [3.63, 3.8) is 0 Å². The first-order chi connectivity index (χ1) is 9.53. The number of hydrogen-bond acceptors (Lipinski definition) is 2. The molecule has 1 saturated heterocycles. The Hall–Kier alpha value is -1.42. The van der Waals surface area contributed by atoms with Gasteiger partial charge in [0.15, 0.2) is 0 Å². The first-order valence-corrected chi connectivity index (χ1v) is 7.26. The normalized spacial score (nSPS) is 28.2. The molecule has 1 aliphatic heterocycles. The van der Waals surface area contributed by atoms with Gasteiger partial charge in [0.1, 0.15) is 5.82 Å². The van der Waals surface area contributed by atoms with E-state index >= 15 is 0 Å². The molecular weight excluding hydrogens is 257 g/mol. The molecule has 1 aromatic carbocycles. The maximum atomic E-state index is 13.4. The highest BCUT2D eigenvalue weighted by Crippen LogP contribution is 2.50. The molecule has 20 heavy (non-hydrogen) atoms. The lowest BCUT2D eigenvalue weighted by atomic mass is 9.91. The summed E-state index contributed by atoms with van der Waals surface area (Å²) in [5, 5.41) is 9.94. The summed E-state index contributed by atoms with van der Waals surface area (Å²) in [5.41, 5.74) is 0.234. The molecule has 0 aromatic heterocycles. The Morgan fingerprint density at radius 3 is 2.80 bits per heavy atom. The number of aliphatic hydroxyl groups excluding tert-OH is 1. The van der Waals surface area contributed by atoms with Crippen LogP contribution in [-0.4, -0.2) is 35.1 Å². The van der Waals surface area contributed by atoms with Crippen LogP contribution in [0.3, 0.4) is 0 Å². The monoisotopic (exact) mass is 277 g/mol. The summed E-state index contributed by atoms with van der Waals surface area (Å²) in [7, 11) is 0. The summed E-state index contributed by atoms with van der Waals surface area (Å²) >= 11 is 0. The maximum Gasteiger partial charge on any atom is 0.233 e. The highest BCUT2D eigenvalue weighted by molar-refractivity contribution is 5.91. The van der Waals surface area contributed by atoms with Gasteiger partial charge in [0, 0.05) is 13.1 Å². The molecule has 2 aliphatic rings. The van der Waals surface area contributed by atoms with Gasteiger partial charge in [0.05, 0.1) is 11.5 Å². The molecule has 0 bridgehead atoms. The molecule has 1 aromatic rings. The molecule has 1 aliphatic carbocycles. The van der Waals surface area contributed by atoms with Crippen LogP contribution in [0.5, 0.6) is 0 Å². The Morgan fingerprint density at radius 2 is 2.20 bits per heavy atom. The van der Waals surface area contributed by atoms with E-state index < -0.39 is 11.5 Å². The fourth-order valence-electron chi connectivity index (χ4n) is 3.07. The zero-order valence-corrected chi connectivity index (χ0v) is 11.7. The number of aliphatic hydroxyl groups is 1. The molecule has 2 atom stereocenters. The van der Waals surface area contributed by atoms with Crippen molar-refractivity contribution in [2.75, 3.05) is 13.1 Å². The third-order valence-electron chi connectivity index (χ3n) is 4.74. The summed E-state index contributed by atoms with van der Waals surface area (Å²) in [6.45, 7) is 3.09. The predicted molar refractivity (Wildman–Crippen MR) is 73.7 cm³/mol. The van der Waals surface area contributed by atoms with Crippen LogP contribution in [0.4, 0.5) is 4.39 Å². The maximum absolute atomic E-state index is 13.4. The van der Waals surface area contributed by atoms with Crippen molar-refractivity contribution in [1.82, 2.24) is 4.90 Å². The van der Waals surface area contributed by atoms with Crippen molar-refractivity contribution in [3.05, 3.63) is 35.6 Å². The summed E-state index contributed by atoms with van der Waals surface area (Å²) in [4.78, 5) is 14.5. The van der Waals surface area contributed by atoms with Gasteiger partial charge >= 0.3 is 0 Å². The van der Waals surface area contributed by atoms with Crippen LogP contribution >= 0.6 is 0 Å². The van der Waals surface area contributed by atoms with Crippen LogP contribution in [0.25, 0.3) is 0 Å². The molecule has 2 fully saturated rings. The van der Waals surface area contributed by atoms with Crippen LogP contribution in [0.15, 0.2) is 24.3 Å². The number of rotatable bonds is 2. The van der Waals surface area contributed by atoms with E-state index in [1.165, 1.54) is 12.1 Å². The van der Waals surface area contributed by atoms with E-state index in [9.17, 15) is 14.3 Å². The average molecular weight is 277 g/mol. The van der Waals surface area contributed by atoms with E-state index in [0.29, 0.717) is 13.1 Å². The number of hydrogen-bond donors (Lipinski definition) is 1. The number of benzene rings is 1. The highest BCUT2D eigenvalue weighted by Gasteiger charge is 2.53. The number of likely N-dealkylation sites (tertiary alicyclic amines) is 1. The van der Waals surface area contributed by atoms with Crippen molar-refractivity contribution in [3.8, 4) is 0 Å². The van der Waals surface area contributed by atoms with Crippen molar-refractivity contribution in [2.45, 2.75) is 37.7 Å². The molecule has 1 amide bonds. The first-order valence-electron chi connectivity index (χ1n) is 7.26. The molecule has 1 heterocycles. The Kier molecular flexibility index (Phi) is 3.28. The topological polar surface area (TPSA) is 40.5 Å². The summed E-state index contributed by atoms with van der Waals surface area (Å²) < 4.78 is 13.4. The molecule has 0 spiro atoms. The Labute approximate surface area is 118 Å². The van der Waals surface area contributed by atoms with Crippen LogP contribution in [0.2, 0.25) is 0 Å². The lowest BCUT2D eigenvalue weighted by molar-refractivity contribution is -0.138. The fraction of sp³-hybridized carbons (Fsp3) is 0.562.